The van der Waals surface area contributed by atoms with Gasteiger partial charge in [0.15, 0.2) is 0 Å². The van der Waals surface area contributed by atoms with E-state index < -0.39 is 5.97 Å². The van der Waals surface area contributed by atoms with Gasteiger partial charge in [-0.15, -0.1) is 10.2 Å². The summed E-state index contributed by atoms with van der Waals surface area (Å²) in [7, 11) is 0. The van der Waals surface area contributed by atoms with Gasteiger partial charge in [0.2, 0.25) is 11.8 Å². The highest BCUT2D eigenvalue weighted by atomic mass is 16.4. The second kappa shape index (κ2) is 6.84. The van der Waals surface area contributed by atoms with Crippen LogP contribution in [0.2, 0.25) is 0 Å². The van der Waals surface area contributed by atoms with Crippen molar-refractivity contribution in [2.24, 2.45) is 5.92 Å². The van der Waals surface area contributed by atoms with Crippen LogP contribution in [0.3, 0.4) is 0 Å². The number of carbonyl (C=O) groups is 2. The fourth-order valence-electron chi connectivity index (χ4n) is 1.92. The molecule has 2 aromatic rings. The third-order valence-electron chi connectivity index (χ3n) is 3.05. The summed E-state index contributed by atoms with van der Waals surface area (Å²) in [4.78, 5) is 22.5. The number of rotatable bonds is 6. The number of nitrogens with one attached hydrogen (secondary N) is 1. The molecule has 7 heteroatoms. The molecule has 1 aromatic carbocycles. The normalized spacial score (nSPS) is 11.9. The Bertz CT molecular complexity index is 664. The lowest BCUT2D eigenvalue weighted by molar-refractivity contribution is -0.137. The second-order valence-electron chi connectivity index (χ2n) is 5.12. The van der Waals surface area contributed by atoms with Crippen LogP contribution in [-0.2, 0) is 4.79 Å². The quantitative estimate of drug-likeness (QED) is 0.844. The number of amides is 1. The van der Waals surface area contributed by atoms with Gasteiger partial charge in [-0.3, -0.25) is 9.59 Å². The molecule has 0 aliphatic heterocycles. The molecular weight excluding hydrogens is 286 g/mol. The maximum Gasteiger partial charge on any atom is 0.303 e. The van der Waals surface area contributed by atoms with Crippen LogP contribution in [-0.4, -0.2) is 33.7 Å². The summed E-state index contributed by atoms with van der Waals surface area (Å²) < 4.78 is 5.31. The Labute approximate surface area is 127 Å². The van der Waals surface area contributed by atoms with Crippen molar-refractivity contribution in [3.05, 3.63) is 35.7 Å². The third-order valence-corrected chi connectivity index (χ3v) is 3.05. The van der Waals surface area contributed by atoms with E-state index in [1.807, 2.05) is 0 Å². The topological polar surface area (TPSA) is 105 Å². The zero-order chi connectivity index (χ0) is 16.1. The molecule has 0 fully saturated rings. The number of hydrogen-bond acceptors (Lipinski definition) is 5. The first-order chi connectivity index (χ1) is 10.5. The van der Waals surface area contributed by atoms with Gasteiger partial charge in [-0.05, 0) is 30.2 Å². The number of benzene rings is 1. The van der Waals surface area contributed by atoms with Crippen LogP contribution in [0.1, 0.15) is 29.6 Å². The van der Waals surface area contributed by atoms with Crippen molar-refractivity contribution < 1.29 is 19.1 Å². The number of carboxylic acids is 1. The zero-order valence-electron chi connectivity index (χ0n) is 12.4. The Morgan fingerprint density at radius 3 is 2.50 bits per heavy atom. The van der Waals surface area contributed by atoms with Crippen LogP contribution in [0.4, 0.5) is 0 Å². The van der Waals surface area contributed by atoms with Crippen molar-refractivity contribution >= 4 is 11.9 Å². The van der Waals surface area contributed by atoms with Gasteiger partial charge in [-0.25, -0.2) is 0 Å². The molecule has 2 N–H and O–H groups in total. The van der Waals surface area contributed by atoms with E-state index in [4.69, 9.17) is 9.52 Å². The van der Waals surface area contributed by atoms with E-state index in [9.17, 15) is 9.59 Å². The van der Waals surface area contributed by atoms with Crippen molar-refractivity contribution in [2.75, 3.05) is 6.54 Å². The second-order valence-corrected chi connectivity index (χ2v) is 5.12. The van der Waals surface area contributed by atoms with Gasteiger partial charge in [0.1, 0.15) is 0 Å². The Hall–Kier alpha value is -2.70. The molecular formula is C15H17N3O4. The fourth-order valence-corrected chi connectivity index (χ4v) is 1.92. The minimum atomic E-state index is -0.874. The van der Waals surface area contributed by atoms with E-state index in [-0.39, 0.29) is 18.2 Å². The van der Waals surface area contributed by atoms with E-state index in [1.54, 1.807) is 38.1 Å². The van der Waals surface area contributed by atoms with Gasteiger partial charge in [0.05, 0.1) is 0 Å². The standard InChI is InChI=1S/C15H17N3O4/c1-9(7-13(19)20)8-16-14(21)11-3-5-12(6-4-11)15-18-17-10(2)22-15/h3-6,9H,7-8H2,1-2H3,(H,16,21)(H,19,20). The van der Waals surface area contributed by atoms with Gasteiger partial charge < -0.3 is 14.8 Å². The lowest BCUT2D eigenvalue weighted by Crippen LogP contribution is -2.29. The Balaban J connectivity index is 1.95. The third kappa shape index (κ3) is 4.15. The lowest BCUT2D eigenvalue weighted by atomic mass is 10.1. The number of hydrogen-bond donors (Lipinski definition) is 2. The Morgan fingerprint density at radius 2 is 1.95 bits per heavy atom. The highest BCUT2D eigenvalue weighted by Crippen LogP contribution is 2.18. The summed E-state index contributed by atoms with van der Waals surface area (Å²) >= 11 is 0. The van der Waals surface area contributed by atoms with E-state index in [0.717, 1.165) is 5.56 Å². The minimum Gasteiger partial charge on any atom is -0.481 e. The van der Waals surface area contributed by atoms with Crippen molar-refractivity contribution in [1.29, 1.82) is 0 Å². The summed E-state index contributed by atoms with van der Waals surface area (Å²) in [5.41, 5.74) is 1.22. The first kappa shape index (κ1) is 15.7. The van der Waals surface area contributed by atoms with Gasteiger partial charge in [-0.1, -0.05) is 6.92 Å². The first-order valence-electron chi connectivity index (χ1n) is 6.86. The van der Waals surface area contributed by atoms with Gasteiger partial charge in [-0.2, -0.15) is 0 Å². The van der Waals surface area contributed by atoms with Crippen LogP contribution < -0.4 is 5.32 Å². The van der Waals surface area contributed by atoms with Crippen molar-refractivity contribution in [3.8, 4) is 11.5 Å². The molecule has 1 amide bonds. The molecule has 2 rings (SSSR count). The molecule has 7 nitrogen and oxygen atoms in total. The fraction of sp³-hybridized carbons (Fsp3) is 0.333. The van der Waals surface area contributed by atoms with E-state index >= 15 is 0 Å². The average molecular weight is 303 g/mol. The van der Waals surface area contributed by atoms with Crippen LogP contribution >= 0.6 is 0 Å². The SMILES string of the molecule is Cc1nnc(-c2ccc(C(=O)NCC(C)CC(=O)O)cc2)o1. The molecule has 0 bridgehead atoms. The van der Waals surface area contributed by atoms with Gasteiger partial charge >= 0.3 is 5.97 Å². The maximum atomic E-state index is 12.0. The van der Waals surface area contributed by atoms with E-state index in [0.29, 0.717) is 23.9 Å². The predicted octanol–water partition coefficient (Wildman–Crippen LogP) is 1.89. The molecule has 1 aromatic heterocycles. The Kier molecular flexibility index (Phi) is 4.88. The van der Waals surface area contributed by atoms with Crippen LogP contribution in [0.5, 0.6) is 0 Å². The van der Waals surface area contributed by atoms with Crippen molar-refractivity contribution in [1.82, 2.24) is 15.5 Å². The molecule has 0 radical (unpaired) electrons. The molecule has 0 saturated carbocycles. The molecule has 0 aliphatic rings. The molecule has 0 saturated heterocycles. The smallest absolute Gasteiger partial charge is 0.303 e. The summed E-state index contributed by atoms with van der Waals surface area (Å²) in [6.45, 7) is 3.79. The molecule has 1 unspecified atom stereocenters. The molecule has 1 heterocycles. The predicted molar refractivity (Wildman–Crippen MR) is 78.2 cm³/mol. The first-order valence-corrected chi connectivity index (χ1v) is 6.86. The molecule has 116 valence electrons. The van der Waals surface area contributed by atoms with Crippen LogP contribution in [0.25, 0.3) is 11.5 Å². The summed E-state index contributed by atoms with van der Waals surface area (Å²) in [6.07, 6.45) is 0.0235. The minimum absolute atomic E-state index is 0.0235. The summed E-state index contributed by atoms with van der Waals surface area (Å²) in [6, 6.07) is 6.77. The van der Waals surface area contributed by atoms with E-state index in [1.165, 1.54) is 0 Å². The number of aliphatic carboxylic acids is 1. The van der Waals surface area contributed by atoms with Crippen LogP contribution in [0, 0.1) is 12.8 Å². The highest BCUT2D eigenvalue weighted by Gasteiger charge is 2.12. The number of carbonyl (C=O) groups excluding carboxylic acids is 1. The lowest BCUT2D eigenvalue weighted by Gasteiger charge is -2.10. The molecule has 1 atom stereocenters. The number of aromatic nitrogens is 2. The Morgan fingerprint density at radius 1 is 1.27 bits per heavy atom. The largest absolute Gasteiger partial charge is 0.481 e. The van der Waals surface area contributed by atoms with E-state index in [2.05, 4.69) is 15.5 Å². The summed E-state index contributed by atoms with van der Waals surface area (Å²) in [5.74, 6) is -0.364. The van der Waals surface area contributed by atoms with Crippen molar-refractivity contribution in [2.45, 2.75) is 20.3 Å². The maximum absolute atomic E-state index is 12.0. The molecule has 0 aliphatic carbocycles. The monoisotopic (exact) mass is 303 g/mol. The summed E-state index contributed by atoms with van der Waals surface area (Å²) in [5, 5.41) is 19.0. The van der Waals surface area contributed by atoms with Gasteiger partial charge in [0, 0.05) is 31.0 Å². The average Bonchev–Trinajstić information content (AvgIpc) is 2.91. The zero-order valence-corrected chi connectivity index (χ0v) is 12.4. The van der Waals surface area contributed by atoms with Crippen LogP contribution in [0.15, 0.2) is 28.7 Å². The van der Waals surface area contributed by atoms with Crippen molar-refractivity contribution in [3.63, 3.8) is 0 Å². The molecule has 22 heavy (non-hydrogen) atoms. The highest BCUT2D eigenvalue weighted by molar-refractivity contribution is 5.94. The number of nitrogens with zero attached hydrogens (tertiary/aromatic N) is 2. The molecule has 0 spiro atoms. The number of carboxylic acid groups (broad SMARTS) is 1. The van der Waals surface area contributed by atoms with Gasteiger partial charge in [0.25, 0.3) is 5.91 Å². The number of aryl methyl sites for hydroxylation is 1.